The Labute approximate surface area is 163 Å². The number of hydrogen-bond acceptors (Lipinski definition) is 4. The van der Waals surface area contributed by atoms with Gasteiger partial charge in [0.25, 0.3) is 0 Å². The fourth-order valence-electron chi connectivity index (χ4n) is 4.04. The zero-order valence-corrected chi connectivity index (χ0v) is 15.8. The standard InChI is InChI=1S/C22H24N2O4/c1-15(25)23-17-12-18(11-16-7-3-2-4-8-16)27-19(13-17)14-24-20-9-5-6-10-21(20)28-22(24)26/h2-10,17-19H,11-14H2,1H3,(H,23,25)/t17-,18+,19+/m0/s1. The van der Waals surface area contributed by atoms with Crippen LogP contribution in [0.2, 0.25) is 0 Å². The number of fused-ring (bicyclic) bond motifs is 1. The molecule has 0 aliphatic carbocycles. The first kappa shape index (κ1) is 18.5. The SMILES string of the molecule is CC(=O)N[C@H]1C[C@@H](Cc2ccccc2)O[C@@H](Cn2c(=O)oc3ccccc32)C1. The summed E-state index contributed by atoms with van der Waals surface area (Å²) in [5.74, 6) is -0.430. The molecule has 1 aromatic heterocycles. The van der Waals surface area contributed by atoms with Gasteiger partial charge in [-0.3, -0.25) is 9.36 Å². The number of aromatic nitrogens is 1. The van der Waals surface area contributed by atoms with E-state index in [1.807, 2.05) is 36.4 Å². The summed E-state index contributed by atoms with van der Waals surface area (Å²) in [5.41, 5.74) is 2.53. The van der Waals surface area contributed by atoms with Crippen LogP contribution < -0.4 is 11.1 Å². The van der Waals surface area contributed by atoms with E-state index in [2.05, 4.69) is 17.4 Å². The molecule has 1 fully saturated rings. The number of carbonyl (C=O) groups is 1. The highest BCUT2D eigenvalue weighted by Crippen LogP contribution is 2.25. The number of hydrogen-bond donors (Lipinski definition) is 1. The molecule has 2 aromatic carbocycles. The molecule has 0 saturated carbocycles. The number of nitrogens with one attached hydrogen (secondary N) is 1. The van der Waals surface area contributed by atoms with Crippen molar-refractivity contribution >= 4 is 17.0 Å². The summed E-state index contributed by atoms with van der Waals surface area (Å²) in [4.78, 5) is 23.9. The molecule has 1 aliphatic rings. The zero-order valence-electron chi connectivity index (χ0n) is 15.8. The molecule has 6 nitrogen and oxygen atoms in total. The van der Waals surface area contributed by atoms with Gasteiger partial charge in [0.2, 0.25) is 5.91 Å². The predicted octanol–water partition coefficient (Wildman–Crippen LogP) is 2.89. The second-order valence-corrected chi connectivity index (χ2v) is 7.38. The van der Waals surface area contributed by atoms with E-state index in [4.69, 9.17) is 9.15 Å². The monoisotopic (exact) mass is 380 g/mol. The van der Waals surface area contributed by atoms with E-state index in [1.165, 1.54) is 12.5 Å². The molecule has 4 rings (SSSR count). The van der Waals surface area contributed by atoms with E-state index in [0.717, 1.165) is 18.4 Å². The summed E-state index contributed by atoms with van der Waals surface area (Å²) in [6, 6.07) is 17.6. The van der Waals surface area contributed by atoms with E-state index in [9.17, 15) is 9.59 Å². The number of rotatable bonds is 5. The van der Waals surface area contributed by atoms with Crippen molar-refractivity contribution in [2.24, 2.45) is 0 Å². The smallest absolute Gasteiger partial charge is 0.408 e. The van der Waals surface area contributed by atoms with Crippen molar-refractivity contribution in [1.29, 1.82) is 0 Å². The molecule has 0 spiro atoms. The lowest BCUT2D eigenvalue weighted by Crippen LogP contribution is -2.47. The number of amides is 1. The molecule has 28 heavy (non-hydrogen) atoms. The summed E-state index contributed by atoms with van der Waals surface area (Å²) < 4.78 is 13.3. The second kappa shape index (κ2) is 8.02. The molecule has 1 saturated heterocycles. The lowest BCUT2D eigenvalue weighted by molar-refractivity contribution is -0.122. The summed E-state index contributed by atoms with van der Waals surface area (Å²) in [5, 5.41) is 3.03. The van der Waals surface area contributed by atoms with Crippen LogP contribution in [0.4, 0.5) is 0 Å². The molecule has 3 atom stereocenters. The van der Waals surface area contributed by atoms with Gasteiger partial charge in [-0.05, 0) is 37.0 Å². The third-order valence-corrected chi connectivity index (χ3v) is 5.15. The summed E-state index contributed by atoms with van der Waals surface area (Å²) >= 11 is 0. The van der Waals surface area contributed by atoms with Crippen LogP contribution >= 0.6 is 0 Å². The van der Waals surface area contributed by atoms with Crippen molar-refractivity contribution < 1.29 is 13.9 Å². The Morgan fingerprint density at radius 2 is 1.79 bits per heavy atom. The van der Waals surface area contributed by atoms with Crippen LogP contribution in [0.3, 0.4) is 0 Å². The van der Waals surface area contributed by atoms with Crippen LogP contribution in [0.25, 0.3) is 11.1 Å². The molecular weight excluding hydrogens is 356 g/mol. The number of benzene rings is 2. The normalized spacial score (nSPS) is 22.2. The molecule has 0 radical (unpaired) electrons. The highest BCUT2D eigenvalue weighted by molar-refractivity contribution is 5.73. The molecule has 1 aliphatic heterocycles. The number of ether oxygens (including phenoxy) is 1. The minimum absolute atomic E-state index is 0.0214. The van der Waals surface area contributed by atoms with E-state index in [0.29, 0.717) is 18.5 Å². The van der Waals surface area contributed by atoms with Gasteiger partial charge in [0.1, 0.15) is 0 Å². The fourth-order valence-corrected chi connectivity index (χ4v) is 4.04. The molecule has 2 heterocycles. The second-order valence-electron chi connectivity index (χ2n) is 7.38. The van der Waals surface area contributed by atoms with Gasteiger partial charge in [-0.2, -0.15) is 0 Å². The quantitative estimate of drug-likeness (QED) is 0.739. The van der Waals surface area contributed by atoms with Gasteiger partial charge in [0.05, 0.1) is 24.3 Å². The summed E-state index contributed by atoms with van der Waals surface area (Å²) in [6.07, 6.45) is 1.99. The molecule has 0 unspecified atom stereocenters. The average Bonchev–Trinajstić information content (AvgIpc) is 2.97. The van der Waals surface area contributed by atoms with Crippen molar-refractivity contribution in [3.8, 4) is 0 Å². The van der Waals surface area contributed by atoms with E-state index < -0.39 is 0 Å². The Morgan fingerprint density at radius 1 is 1.07 bits per heavy atom. The van der Waals surface area contributed by atoms with E-state index in [1.54, 1.807) is 10.6 Å². The maximum Gasteiger partial charge on any atom is 0.420 e. The van der Waals surface area contributed by atoms with Crippen molar-refractivity contribution in [2.75, 3.05) is 0 Å². The Bertz CT molecular complexity index is 1010. The van der Waals surface area contributed by atoms with Crippen molar-refractivity contribution in [3.63, 3.8) is 0 Å². The topological polar surface area (TPSA) is 73.5 Å². The minimum Gasteiger partial charge on any atom is -0.408 e. The Kier molecular flexibility index (Phi) is 5.30. The molecular formula is C22H24N2O4. The largest absolute Gasteiger partial charge is 0.420 e. The third-order valence-electron chi connectivity index (χ3n) is 5.15. The lowest BCUT2D eigenvalue weighted by Gasteiger charge is -2.36. The first-order chi connectivity index (χ1) is 13.6. The van der Waals surface area contributed by atoms with Gasteiger partial charge < -0.3 is 14.5 Å². The predicted molar refractivity (Wildman–Crippen MR) is 106 cm³/mol. The highest BCUT2D eigenvalue weighted by Gasteiger charge is 2.31. The maximum atomic E-state index is 12.3. The van der Waals surface area contributed by atoms with Crippen molar-refractivity contribution in [1.82, 2.24) is 9.88 Å². The molecule has 0 bridgehead atoms. The molecule has 3 aromatic rings. The van der Waals surface area contributed by atoms with Crippen molar-refractivity contribution in [2.45, 2.75) is 51.0 Å². The molecule has 6 heteroatoms. The Hall–Kier alpha value is -2.86. The number of oxazole rings is 1. The maximum absolute atomic E-state index is 12.3. The third kappa shape index (κ3) is 4.17. The Morgan fingerprint density at radius 3 is 2.57 bits per heavy atom. The number of nitrogens with zero attached hydrogens (tertiary/aromatic N) is 1. The van der Waals surface area contributed by atoms with Gasteiger partial charge >= 0.3 is 5.76 Å². The van der Waals surface area contributed by atoms with E-state index >= 15 is 0 Å². The van der Waals surface area contributed by atoms with Crippen LogP contribution in [0.15, 0.2) is 63.8 Å². The molecule has 146 valence electrons. The van der Waals surface area contributed by atoms with Gasteiger partial charge in [-0.15, -0.1) is 0 Å². The number of carbonyl (C=O) groups excluding carboxylic acids is 1. The van der Waals surface area contributed by atoms with E-state index in [-0.39, 0.29) is 29.9 Å². The lowest BCUT2D eigenvalue weighted by atomic mass is 9.94. The Balaban J connectivity index is 1.55. The first-order valence-corrected chi connectivity index (χ1v) is 9.63. The summed E-state index contributed by atoms with van der Waals surface area (Å²) in [7, 11) is 0. The van der Waals surface area contributed by atoms with Gasteiger partial charge in [-0.25, -0.2) is 4.79 Å². The van der Waals surface area contributed by atoms with Crippen LogP contribution in [0.5, 0.6) is 0 Å². The van der Waals surface area contributed by atoms with Crippen molar-refractivity contribution in [3.05, 3.63) is 70.7 Å². The van der Waals surface area contributed by atoms with Crippen LogP contribution in [-0.4, -0.2) is 28.7 Å². The average molecular weight is 380 g/mol. The highest BCUT2D eigenvalue weighted by atomic mass is 16.5. The van der Waals surface area contributed by atoms with Crippen LogP contribution in [-0.2, 0) is 22.5 Å². The van der Waals surface area contributed by atoms with Gasteiger partial charge in [-0.1, -0.05) is 42.5 Å². The van der Waals surface area contributed by atoms with Gasteiger partial charge in [0, 0.05) is 13.0 Å². The minimum atomic E-state index is -0.383. The molecule has 1 amide bonds. The zero-order chi connectivity index (χ0) is 19.5. The fraction of sp³-hybridized carbons (Fsp3) is 0.364. The van der Waals surface area contributed by atoms with Crippen LogP contribution in [0.1, 0.15) is 25.3 Å². The first-order valence-electron chi connectivity index (χ1n) is 9.63. The van der Waals surface area contributed by atoms with Gasteiger partial charge in [0.15, 0.2) is 5.58 Å². The van der Waals surface area contributed by atoms with Crippen LogP contribution in [0, 0.1) is 0 Å². The molecule has 1 N–H and O–H groups in total. The number of para-hydroxylation sites is 2. The summed E-state index contributed by atoms with van der Waals surface area (Å²) in [6.45, 7) is 1.93.